The number of amides is 1. The predicted molar refractivity (Wildman–Crippen MR) is 120 cm³/mol. The normalized spacial score (nSPS) is 17.0. The van der Waals surface area contributed by atoms with Crippen LogP contribution in [0.3, 0.4) is 0 Å². The number of nitrogens with one attached hydrogen (secondary N) is 1. The van der Waals surface area contributed by atoms with E-state index >= 15 is 0 Å². The van der Waals surface area contributed by atoms with Crippen LogP contribution in [0.5, 0.6) is 11.5 Å². The number of hydrogen-bond donors (Lipinski definition) is 1. The van der Waals surface area contributed by atoms with Crippen LogP contribution in [0.4, 0.5) is 0 Å². The minimum atomic E-state index is -0.475. The number of carbonyl (C=O) groups is 1. The molecule has 0 spiro atoms. The molecule has 0 atom stereocenters. The van der Waals surface area contributed by atoms with E-state index in [0.29, 0.717) is 33.7 Å². The van der Waals surface area contributed by atoms with Gasteiger partial charge in [-0.2, -0.15) is 15.1 Å². The molecule has 2 aliphatic heterocycles. The molecule has 30 heavy (non-hydrogen) atoms. The molecular weight excluding hydrogens is 424 g/mol. The van der Waals surface area contributed by atoms with Gasteiger partial charge in [0.25, 0.3) is 5.91 Å². The lowest BCUT2D eigenvalue weighted by Crippen LogP contribution is -2.35. The van der Waals surface area contributed by atoms with E-state index in [9.17, 15) is 4.79 Å². The zero-order valence-electron chi connectivity index (χ0n) is 16.2. The van der Waals surface area contributed by atoms with Crippen LogP contribution in [-0.2, 0) is 11.2 Å². The fourth-order valence-corrected chi connectivity index (χ4v) is 4.03. The molecule has 0 unspecified atom stereocenters. The maximum atomic E-state index is 12.6. The van der Waals surface area contributed by atoms with E-state index in [1.807, 2.05) is 24.3 Å². The highest BCUT2D eigenvalue weighted by Crippen LogP contribution is 2.32. The molecule has 0 aromatic heterocycles. The first-order valence-corrected chi connectivity index (χ1v) is 10.1. The van der Waals surface area contributed by atoms with Gasteiger partial charge in [0.2, 0.25) is 5.17 Å². The maximum absolute atomic E-state index is 12.6. The number of aliphatic imine (C=N–C) groups is 1. The number of benzene rings is 2. The molecule has 2 heterocycles. The lowest BCUT2D eigenvalue weighted by atomic mass is 10.1. The Labute approximate surface area is 182 Å². The Kier molecular flexibility index (Phi) is 5.61. The lowest BCUT2D eigenvalue weighted by Gasteiger charge is -2.20. The van der Waals surface area contributed by atoms with Crippen LogP contribution in [0.1, 0.15) is 11.1 Å². The standard InChI is InChI=1S/C21H17ClN4O3S/c1-28-16-8-5-13(10-17(16)29-2)9-15-19(23)26-21(24-20(15)27)30-18(25-26)11-12-3-6-14(22)7-4-12/h3-10,23H,11H2,1-2H3/b15-9-,23-19?. The minimum Gasteiger partial charge on any atom is -0.493 e. The fraction of sp³-hybridized carbons (Fsp3) is 0.143. The van der Waals surface area contributed by atoms with Crippen molar-refractivity contribution in [3.63, 3.8) is 0 Å². The molecule has 1 N–H and O–H groups in total. The van der Waals surface area contributed by atoms with Gasteiger partial charge in [0, 0.05) is 11.4 Å². The summed E-state index contributed by atoms with van der Waals surface area (Å²) < 4.78 is 10.5. The van der Waals surface area contributed by atoms with Gasteiger partial charge in [0.15, 0.2) is 17.3 Å². The van der Waals surface area contributed by atoms with Crippen LogP contribution in [0.15, 0.2) is 58.1 Å². The maximum Gasteiger partial charge on any atom is 0.283 e. The Hall–Kier alpha value is -3.10. The number of methoxy groups -OCH3 is 2. The molecule has 2 aliphatic rings. The summed E-state index contributed by atoms with van der Waals surface area (Å²) >= 11 is 7.22. The van der Waals surface area contributed by atoms with Crippen molar-refractivity contribution in [2.45, 2.75) is 6.42 Å². The number of hydrogen-bond acceptors (Lipinski definition) is 6. The largest absolute Gasteiger partial charge is 0.493 e. The van der Waals surface area contributed by atoms with Crippen LogP contribution in [0.25, 0.3) is 6.08 Å². The number of fused-ring (bicyclic) bond motifs is 1. The molecule has 4 rings (SSSR count). The predicted octanol–water partition coefficient (Wildman–Crippen LogP) is 4.22. The van der Waals surface area contributed by atoms with Crippen LogP contribution in [0, 0.1) is 5.41 Å². The van der Waals surface area contributed by atoms with Crippen LogP contribution >= 0.6 is 23.4 Å². The Morgan fingerprint density at radius 2 is 1.87 bits per heavy atom. The van der Waals surface area contributed by atoms with Gasteiger partial charge in [-0.25, -0.2) is 0 Å². The second-order valence-electron chi connectivity index (χ2n) is 6.43. The molecule has 0 radical (unpaired) electrons. The molecule has 9 heteroatoms. The molecule has 0 bridgehead atoms. The molecule has 7 nitrogen and oxygen atoms in total. The highest BCUT2D eigenvalue weighted by atomic mass is 35.5. The number of halogens is 1. The molecule has 1 amide bonds. The minimum absolute atomic E-state index is 0.0154. The zero-order chi connectivity index (χ0) is 21.3. The molecule has 0 fully saturated rings. The first-order chi connectivity index (χ1) is 14.5. The number of thioether (sulfide) groups is 1. The van der Waals surface area contributed by atoms with E-state index in [-0.39, 0.29) is 11.4 Å². The fourth-order valence-electron chi connectivity index (χ4n) is 2.99. The molecular formula is C21H17ClN4O3S. The average molecular weight is 441 g/mol. The number of rotatable bonds is 5. The summed E-state index contributed by atoms with van der Waals surface area (Å²) in [4.78, 5) is 16.7. The monoisotopic (exact) mass is 440 g/mol. The van der Waals surface area contributed by atoms with Gasteiger partial charge >= 0.3 is 0 Å². The van der Waals surface area contributed by atoms with Gasteiger partial charge in [0.05, 0.1) is 19.8 Å². The van der Waals surface area contributed by atoms with E-state index in [2.05, 4.69) is 10.1 Å². The quantitative estimate of drug-likeness (QED) is 0.703. The SMILES string of the molecule is COc1ccc(/C=C2/C(=N)N3N=C(Cc4ccc(Cl)cc4)SC3=NC2=O)cc1OC. The highest BCUT2D eigenvalue weighted by Gasteiger charge is 2.35. The smallest absolute Gasteiger partial charge is 0.283 e. The molecule has 152 valence electrons. The third kappa shape index (κ3) is 3.96. The van der Waals surface area contributed by atoms with Gasteiger partial charge in [-0.05, 0) is 53.2 Å². The number of carbonyl (C=O) groups excluding carboxylic acids is 1. The van der Waals surface area contributed by atoms with E-state index < -0.39 is 5.91 Å². The third-order valence-electron chi connectivity index (χ3n) is 4.48. The first kappa shape index (κ1) is 20.2. The van der Waals surface area contributed by atoms with Crippen molar-refractivity contribution in [1.82, 2.24) is 5.01 Å². The number of amidine groups is 2. The summed E-state index contributed by atoms with van der Waals surface area (Å²) in [6.07, 6.45) is 2.16. The van der Waals surface area contributed by atoms with Crippen LogP contribution < -0.4 is 9.47 Å². The molecule has 2 aromatic rings. The Morgan fingerprint density at radius 3 is 2.57 bits per heavy atom. The van der Waals surface area contributed by atoms with Gasteiger partial charge in [-0.3, -0.25) is 10.2 Å². The Bertz CT molecular complexity index is 1130. The van der Waals surface area contributed by atoms with Gasteiger partial charge in [0.1, 0.15) is 5.04 Å². The van der Waals surface area contributed by atoms with Crippen LogP contribution in [0.2, 0.25) is 5.02 Å². The summed E-state index contributed by atoms with van der Waals surface area (Å²) in [6.45, 7) is 0. The highest BCUT2D eigenvalue weighted by molar-refractivity contribution is 8.26. The lowest BCUT2D eigenvalue weighted by molar-refractivity contribution is -0.114. The summed E-state index contributed by atoms with van der Waals surface area (Å²) in [7, 11) is 3.09. The van der Waals surface area contributed by atoms with Gasteiger partial charge in [-0.15, -0.1) is 0 Å². The first-order valence-electron chi connectivity index (χ1n) is 8.94. The van der Waals surface area contributed by atoms with Crippen molar-refractivity contribution in [2.24, 2.45) is 10.1 Å². The average Bonchev–Trinajstić information content (AvgIpc) is 3.15. The number of hydrazone groups is 1. The summed E-state index contributed by atoms with van der Waals surface area (Å²) in [5.74, 6) is 0.623. The van der Waals surface area contributed by atoms with Crippen molar-refractivity contribution in [1.29, 1.82) is 5.41 Å². The van der Waals surface area contributed by atoms with E-state index in [4.69, 9.17) is 26.5 Å². The van der Waals surface area contributed by atoms with E-state index in [0.717, 1.165) is 10.6 Å². The summed E-state index contributed by atoms with van der Waals surface area (Å²) in [5.41, 5.74) is 1.88. The summed E-state index contributed by atoms with van der Waals surface area (Å²) in [6, 6.07) is 12.7. The third-order valence-corrected chi connectivity index (χ3v) is 5.64. The second-order valence-corrected chi connectivity index (χ2v) is 7.91. The van der Waals surface area contributed by atoms with E-state index in [1.165, 1.54) is 23.9 Å². The number of nitrogens with zero attached hydrogens (tertiary/aromatic N) is 3. The van der Waals surface area contributed by atoms with Crippen LogP contribution in [-0.4, -0.2) is 41.2 Å². The Balaban J connectivity index is 1.60. The van der Waals surface area contributed by atoms with E-state index in [1.54, 1.807) is 31.4 Å². The van der Waals surface area contributed by atoms with Crippen molar-refractivity contribution in [3.8, 4) is 11.5 Å². The molecule has 2 aromatic carbocycles. The molecule has 0 saturated carbocycles. The zero-order valence-corrected chi connectivity index (χ0v) is 17.8. The summed E-state index contributed by atoms with van der Waals surface area (Å²) in [5, 5.41) is 16.2. The number of ether oxygens (including phenoxy) is 2. The van der Waals surface area contributed by atoms with Crippen molar-refractivity contribution >= 4 is 51.4 Å². The molecule has 0 saturated heterocycles. The molecule has 0 aliphatic carbocycles. The van der Waals surface area contributed by atoms with Gasteiger partial charge < -0.3 is 9.47 Å². The van der Waals surface area contributed by atoms with Crippen molar-refractivity contribution in [3.05, 3.63) is 64.2 Å². The Morgan fingerprint density at radius 1 is 1.13 bits per heavy atom. The van der Waals surface area contributed by atoms with Gasteiger partial charge in [-0.1, -0.05) is 29.8 Å². The van der Waals surface area contributed by atoms with Crippen molar-refractivity contribution < 1.29 is 14.3 Å². The topological polar surface area (TPSA) is 87.3 Å². The van der Waals surface area contributed by atoms with Crippen molar-refractivity contribution in [2.75, 3.05) is 14.2 Å². The second kappa shape index (κ2) is 8.33.